The predicted molar refractivity (Wildman–Crippen MR) is 88.0 cm³/mol. The highest BCUT2D eigenvalue weighted by Gasteiger charge is 2.24. The van der Waals surface area contributed by atoms with E-state index in [2.05, 4.69) is 14.9 Å². The lowest BCUT2D eigenvalue weighted by Crippen LogP contribution is -2.14. The van der Waals surface area contributed by atoms with E-state index in [4.69, 9.17) is 16.0 Å². The second-order valence-corrected chi connectivity index (χ2v) is 7.28. The Kier molecular flexibility index (Phi) is 4.10. The Morgan fingerprint density at radius 1 is 1.25 bits per heavy atom. The molecule has 126 valence electrons. The topological polar surface area (TPSA) is 88.0 Å². The summed E-state index contributed by atoms with van der Waals surface area (Å²) >= 11 is 5.66. The Morgan fingerprint density at radius 2 is 2.00 bits per heavy atom. The van der Waals surface area contributed by atoms with Crippen molar-refractivity contribution in [2.75, 3.05) is 4.72 Å². The molecular weight excluding hydrogens is 357 g/mol. The van der Waals surface area contributed by atoms with Gasteiger partial charge in [-0.2, -0.15) is 5.10 Å². The molecule has 0 saturated carbocycles. The zero-order valence-electron chi connectivity index (χ0n) is 12.7. The Labute approximate surface area is 142 Å². The first-order valence-electron chi connectivity index (χ1n) is 6.87. The van der Waals surface area contributed by atoms with Crippen molar-refractivity contribution in [2.24, 2.45) is 0 Å². The van der Waals surface area contributed by atoms with Crippen LogP contribution in [0.15, 0.2) is 39.6 Å². The van der Waals surface area contributed by atoms with Crippen LogP contribution < -0.4 is 4.72 Å². The average Bonchev–Trinajstić information content (AvgIpc) is 3.08. The van der Waals surface area contributed by atoms with Crippen molar-refractivity contribution in [2.45, 2.75) is 18.7 Å². The van der Waals surface area contributed by atoms with Crippen molar-refractivity contribution in [3.8, 4) is 11.5 Å². The molecule has 0 aliphatic carbocycles. The van der Waals surface area contributed by atoms with Crippen molar-refractivity contribution < 1.29 is 17.2 Å². The van der Waals surface area contributed by atoms with E-state index in [1.165, 1.54) is 25.1 Å². The lowest BCUT2D eigenvalue weighted by atomic mass is 10.3. The van der Waals surface area contributed by atoms with E-state index >= 15 is 0 Å². The smallest absolute Gasteiger partial charge is 0.265 e. The fraction of sp³-hybridized carbons (Fsp3) is 0.133. The number of benzene rings is 1. The van der Waals surface area contributed by atoms with E-state index in [-0.39, 0.29) is 21.4 Å². The minimum absolute atomic E-state index is 0.0903. The third kappa shape index (κ3) is 3.15. The first kappa shape index (κ1) is 16.5. The van der Waals surface area contributed by atoms with Crippen molar-refractivity contribution in [1.82, 2.24) is 10.2 Å². The van der Waals surface area contributed by atoms with Crippen LogP contribution in [0.3, 0.4) is 0 Å². The van der Waals surface area contributed by atoms with E-state index in [1.807, 2.05) is 6.92 Å². The molecule has 3 rings (SSSR count). The highest BCUT2D eigenvalue weighted by atomic mass is 35.5. The quantitative estimate of drug-likeness (QED) is 0.730. The molecule has 0 spiro atoms. The van der Waals surface area contributed by atoms with Crippen LogP contribution in [0, 0.1) is 19.7 Å². The summed E-state index contributed by atoms with van der Waals surface area (Å²) in [4.78, 5) is -0.0903. The van der Waals surface area contributed by atoms with Crippen LogP contribution in [-0.4, -0.2) is 18.6 Å². The molecule has 9 heteroatoms. The number of aryl methyl sites for hydroxylation is 2. The Morgan fingerprint density at radius 3 is 2.62 bits per heavy atom. The summed E-state index contributed by atoms with van der Waals surface area (Å²) in [6, 6.07) is 6.74. The predicted octanol–water partition coefficient (Wildman–Crippen LogP) is 3.88. The standard InChI is InChI=1S/C15H13ClFN3O3S/c1-8-5-13(19-18-8)14-7-15(9(2)23-14)24(21,22)20-12-4-3-10(16)6-11(12)17/h3-7,20H,1-2H3,(H,18,19). The molecular formula is C15H13ClFN3O3S. The van der Waals surface area contributed by atoms with Gasteiger partial charge in [-0.1, -0.05) is 11.6 Å². The molecule has 0 atom stereocenters. The van der Waals surface area contributed by atoms with Gasteiger partial charge in [-0.3, -0.25) is 9.82 Å². The summed E-state index contributed by atoms with van der Waals surface area (Å²) < 4.78 is 46.5. The summed E-state index contributed by atoms with van der Waals surface area (Å²) in [7, 11) is -4.02. The van der Waals surface area contributed by atoms with Gasteiger partial charge in [0.05, 0.1) is 5.69 Å². The molecule has 1 aromatic carbocycles. The molecule has 0 bridgehead atoms. The van der Waals surface area contributed by atoms with Crippen LogP contribution in [0.1, 0.15) is 11.5 Å². The van der Waals surface area contributed by atoms with Crippen molar-refractivity contribution >= 4 is 27.3 Å². The van der Waals surface area contributed by atoms with Gasteiger partial charge in [0, 0.05) is 16.8 Å². The third-order valence-corrected chi connectivity index (χ3v) is 5.00. The molecule has 24 heavy (non-hydrogen) atoms. The number of halogens is 2. The summed E-state index contributed by atoms with van der Waals surface area (Å²) in [5, 5.41) is 6.94. The molecule has 2 aromatic heterocycles. The highest BCUT2D eigenvalue weighted by molar-refractivity contribution is 7.92. The van der Waals surface area contributed by atoms with Gasteiger partial charge in [-0.05, 0) is 38.1 Å². The fourth-order valence-corrected chi connectivity index (χ4v) is 3.58. The number of aromatic amines is 1. The second-order valence-electron chi connectivity index (χ2n) is 5.20. The number of nitrogens with one attached hydrogen (secondary N) is 2. The van der Waals surface area contributed by atoms with Crippen LogP contribution in [0.5, 0.6) is 0 Å². The number of H-pyrrole nitrogens is 1. The molecule has 2 heterocycles. The number of rotatable bonds is 4. The van der Waals surface area contributed by atoms with E-state index in [0.29, 0.717) is 11.5 Å². The molecule has 0 fully saturated rings. The van der Waals surface area contributed by atoms with Gasteiger partial charge in [-0.25, -0.2) is 12.8 Å². The van der Waals surface area contributed by atoms with Gasteiger partial charge in [0.2, 0.25) is 0 Å². The van der Waals surface area contributed by atoms with Crippen molar-refractivity contribution in [1.29, 1.82) is 0 Å². The Balaban J connectivity index is 1.96. The minimum Gasteiger partial charge on any atom is -0.458 e. The monoisotopic (exact) mass is 369 g/mol. The fourth-order valence-electron chi connectivity index (χ4n) is 2.17. The number of sulfonamides is 1. The molecule has 0 unspecified atom stereocenters. The van der Waals surface area contributed by atoms with Crippen LogP contribution in [-0.2, 0) is 10.0 Å². The largest absolute Gasteiger partial charge is 0.458 e. The summed E-state index contributed by atoms with van der Waals surface area (Å²) in [6.07, 6.45) is 0. The molecule has 0 saturated heterocycles. The van der Waals surface area contributed by atoms with Gasteiger partial charge < -0.3 is 4.42 Å². The Bertz CT molecular complexity index is 1010. The van der Waals surface area contributed by atoms with Gasteiger partial charge >= 0.3 is 0 Å². The van der Waals surface area contributed by atoms with E-state index in [9.17, 15) is 12.8 Å². The van der Waals surface area contributed by atoms with Crippen molar-refractivity contribution in [3.05, 3.63) is 52.6 Å². The average molecular weight is 370 g/mol. The summed E-state index contributed by atoms with van der Waals surface area (Å²) in [5.74, 6) is -0.295. The van der Waals surface area contributed by atoms with Crippen LogP contribution >= 0.6 is 11.6 Å². The number of furan rings is 1. The Hall–Kier alpha value is -2.32. The second kappa shape index (κ2) is 5.95. The molecule has 6 nitrogen and oxygen atoms in total. The SMILES string of the molecule is Cc1cc(-c2cc(S(=O)(=O)Nc3ccc(Cl)cc3F)c(C)o2)n[nH]1. The maximum Gasteiger partial charge on any atom is 0.265 e. The van der Waals surface area contributed by atoms with Crippen molar-refractivity contribution in [3.63, 3.8) is 0 Å². The van der Waals surface area contributed by atoms with Gasteiger partial charge in [0.15, 0.2) is 5.76 Å². The van der Waals surface area contributed by atoms with Gasteiger partial charge in [0.25, 0.3) is 10.0 Å². The number of hydrogen-bond donors (Lipinski definition) is 2. The number of hydrogen-bond acceptors (Lipinski definition) is 4. The van der Waals surface area contributed by atoms with Crippen LogP contribution in [0.25, 0.3) is 11.5 Å². The van der Waals surface area contributed by atoms with Crippen LogP contribution in [0.4, 0.5) is 10.1 Å². The normalized spacial score (nSPS) is 11.7. The molecule has 0 amide bonds. The lowest BCUT2D eigenvalue weighted by molar-refractivity contribution is 0.533. The zero-order valence-corrected chi connectivity index (χ0v) is 14.3. The summed E-state index contributed by atoms with van der Waals surface area (Å²) in [5.41, 5.74) is 1.09. The van der Waals surface area contributed by atoms with E-state index in [0.717, 1.165) is 11.8 Å². The maximum absolute atomic E-state index is 13.8. The number of nitrogens with zero attached hydrogens (tertiary/aromatic N) is 1. The first-order valence-corrected chi connectivity index (χ1v) is 8.73. The first-order chi connectivity index (χ1) is 11.3. The molecule has 3 aromatic rings. The molecule has 0 aliphatic heterocycles. The molecule has 0 aliphatic rings. The van der Waals surface area contributed by atoms with Gasteiger partial charge in [-0.15, -0.1) is 0 Å². The highest BCUT2D eigenvalue weighted by Crippen LogP contribution is 2.29. The maximum atomic E-state index is 13.8. The zero-order chi connectivity index (χ0) is 17.5. The molecule has 0 radical (unpaired) electrons. The number of aromatic nitrogens is 2. The summed E-state index contributed by atoms with van der Waals surface area (Å²) in [6.45, 7) is 3.32. The van der Waals surface area contributed by atoms with Crippen LogP contribution in [0.2, 0.25) is 5.02 Å². The van der Waals surface area contributed by atoms with E-state index in [1.54, 1.807) is 6.07 Å². The molecule has 2 N–H and O–H groups in total. The minimum atomic E-state index is -4.02. The van der Waals surface area contributed by atoms with Gasteiger partial charge in [0.1, 0.15) is 22.2 Å². The van der Waals surface area contributed by atoms with E-state index < -0.39 is 15.8 Å². The number of anilines is 1. The lowest BCUT2D eigenvalue weighted by Gasteiger charge is -2.08. The third-order valence-electron chi connectivity index (χ3n) is 3.30.